The van der Waals surface area contributed by atoms with Crippen molar-refractivity contribution in [2.75, 3.05) is 10.2 Å². The predicted molar refractivity (Wildman–Crippen MR) is 96.6 cm³/mol. The molecule has 2 heterocycles. The second-order valence-corrected chi connectivity index (χ2v) is 6.27. The summed E-state index contributed by atoms with van der Waals surface area (Å²) in [6, 6.07) is 9.14. The van der Waals surface area contributed by atoms with Gasteiger partial charge in [-0.1, -0.05) is 6.07 Å². The minimum atomic E-state index is -0.643. The van der Waals surface area contributed by atoms with Crippen molar-refractivity contribution in [2.45, 2.75) is 19.3 Å². The van der Waals surface area contributed by atoms with Crippen LogP contribution < -0.4 is 10.2 Å². The Kier molecular flexibility index (Phi) is 4.15. The van der Waals surface area contributed by atoms with Gasteiger partial charge in [-0.2, -0.15) is 0 Å². The zero-order valence-electron chi connectivity index (χ0n) is 14.2. The van der Waals surface area contributed by atoms with Crippen molar-refractivity contribution in [3.8, 4) is 0 Å². The average molecular weight is 366 g/mol. The summed E-state index contributed by atoms with van der Waals surface area (Å²) in [4.78, 5) is 44.1. The number of rotatable bonds is 4. The summed E-state index contributed by atoms with van der Waals surface area (Å²) in [6.45, 7) is 0. The second-order valence-electron chi connectivity index (χ2n) is 6.27. The molecule has 0 aliphatic carbocycles. The molecule has 2 aromatic carbocycles. The van der Waals surface area contributed by atoms with E-state index in [1.54, 1.807) is 24.5 Å². The number of aromatic amines is 1. The van der Waals surface area contributed by atoms with E-state index in [1.807, 2.05) is 0 Å². The highest BCUT2D eigenvalue weighted by Gasteiger charge is 2.30. The first-order valence-corrected chi connectivity index (χ1v) is 8.38. The van der Waals surface area contributed by atoms with Crippen molar-refractivity contribution in [2.24, 2.45) is 0 Å². The Morgan fingerprint density at radius 3 is 2.70 bits per heavy atom. The smallest absolute Gasteiger partial charge is 0.234 e. The molecule has 7 nitrogen and oxygen atoms in total. The molecule has 0 saturated carbocycles. The van der Waals surface area contributed by atoms with Gasteiger partial charge in [-0.25, -0.2) is 9.37 Å². The zero-order valence-corrected chi connectivity index (χ0v) is 14.2. The summed E-state index contributed by atoms with van der Waals surface area (Å²) < 4.78 is 14.1. The molecule has 0 spiro atoms. The van der Waals surface area contributed by atoms with Gasteiger partial charge < -0.3 is 10.3 Å². The van der Waals surface area contributed by atoms with Gasteiger partial charge in [0.2, 0.25) is 17.7 Å². The van der Waals surface area contributed by atoms with Crippen molar-refractivity contribution >= 4 is 40.1 Å². The van der Waals surface area contributed by atoms with Crippen LogP contribution in [0.3, 0.4) is 0 Å². The van der Waals surface area contributed by atoms with Crippen molar-refractivity contribution in [3.63, 3.8) is 0 Å². The quantitative estimate of drug-likeness (QED) is 0.694. The molecule has 3 aromatic rings. The van der Waals surface area contributed by atoms with Crippen molar-refractivity contribution in [1.82, 2.24) is 9.97 Å². The van der Waals surface area contributed by atoms with Gasteiger partial charge in [0.05, 0.1) is 35.2 Å². The Morgan fingerprint density at radius 2 is 1.93 bits per heavy atom. The SMILES string of the molecule is O=C(Cc1ccc2nc[nH]c2c1)Nc1cc(N2C(=O)CCC2=O)ccc1F. The van der Waals surface area contributed by atoms with Crippen molar-refractivity contribution < 1.29 is 18.8 Å². The normalized spacial score (nSPS) is 14.2. The fourth-order valence-corrected chi connectivity index (χ4v) is 3.09. The molecule has 8 heteroatoms. The Hall–Kier alpha value is -3.55. The molecule has 1 aromatic heterocycles. The summed E-state index contributed by atoms with van der Waals surface area (Å²) in [6.07, 6.45) is 1.87. The van der Waals surface area contributed by atoms with Gasteiger partial charge in [0.25, 0.3) is 0 Å². The number of benzene rings is 2. The number of fused-ring (bicyclic) bond motifs is 1. The topological polar surface area (TPSA) is 95.2 Å². The van der Waals surface area contributed by atoms with Crippen LogP contribution in [0.1, 0.15) is 18.4 Å². The van der Waals surface area contributed by atoms with Gasteiger partial charge in [0, 0.05) is 12.8 Å². The molecule has 27 heavy (non-hydrogen) atoms. The fraction of sp³-hybridized carbons (Fsp3) is 0.158. The third-order valence-electron chi connectivity index (χ3n) is 4.38. The van der Waals surface area contributed by atoms with Crippen LogP contribution in [-0.2, 0) is 20.8 Å². The van der Waals surface area contributed by atoms with Gasteiger partial charge in [-0.15, -0.1) is 0 Å². The number of halogens is 1. The number of H-pyrrole nitrogens is 1. The summed E-state index contributed by atoms with van der Waals surface area (Å²) in [5, 5.41) is 2.51. The van der Waals surface area contributed by atoms with E-state index in [2.05, 4.69) is 15.3 Å². The number of amides is 3. The number of imidazole rings is 1. The Bertz CT molecular complexity index is 1060. The lowest BCUT2D eigenvalue weighted by molar-refractivity contribution is -0.121. The van der Waals surface area contributed by atoms with E-state index in [0.717, 1.165) is 27.6 Å². The molecule has 0 radical (unpaired) electrons. The van der Waals surface area contributed by atoms with E-state index in [9.17, 15) is 18.8 Å². The van der Waals surface area contributed by atoms with E-state index in [4.69, 9.17) is 0 Å². The lowest BCUT2D eigenvalue weighted by Gasteiger charge is -2.15. The third-order valence-corrected chi connectivity index (χ3v) is 4.38. The molecule has 2 N–H and O–H groups in total. The van der Waals surface area contributed by atoms with Gasteiger partial charge in [-0.05, 0) is 35.9 Å². The molecule has 0 bridgehead atoms. The van der Waals surface area contributed by atoms with Gasteiger partial charge in [0.1, 0.15) is 5.82 Å². The van der Waals surface area contributed by atoms with E-state index in [-0.39, 0.29) is 42.5 Å². The molecular weight excluding hydrogens is 351 g/mol. The van der Waals surface area contributed by atoms with Crippen LogP contribution in [-0.4, -0.2) is 27.7 Å². The van der Waals surface area contributed by atoms with Crippen LogP contribution in [0.2, 0.25) is 0 Å². The fourth-order valence-electron chi connectivity index (χ4n) is 3.09. The van der Waals surface area contributed by atoms with Crippen LogP contribution in [0.5, 0.6) is 0 Å². The van der Waals surface area contributed by atoms with Gasteiger partial charge in [-0.3, -0.25) is 19.3 Å². The molecule has 1 saturated heterocycles. The number of hydrogen-bond donors (Lipinski definition) is 2. The van der Waals surface area contributed by atoms with Gasteiger partial charge >= 0.3 is 0 Å². The van der Waals surface area contributed by atoms with Crippen LogP contribution in [0, 0.1) is 5.82 Å². The number of nitrogens with zero attached hydrogens (tertiary/aromatic N) is 2. The molecule has 1 aliphatic heterocycles. The maximum atomic E-state index is 14.1. The molecule has 0 unspecified atom stereocenters. The number of carbonyl (C=O) groups excluding carboxylic acids is 3. The maximum absolute atomic E-state index is 14.1. The minimum absolute atomic E-state index is 0.0419. The second kappa shape index (κ2) is 6.64. The van der Waals surface area contributed by atoms with E-state index in [1.165, 1.54) is 12.1 Å². The molecule has 1 fully saturated rings. The standard InChI is InChI=1S/C19H15FN4O3/c20-13-3-2-12(24-18(26)5-6-19(24)27)9-15(13)23-17(25)8-11-1-4-14-16(7-11)22-10-21-14/h1-4,7,9-10H,5-6,8H2,(H,21,22)(H,23,25). The summed E-state index contributed by atoms with van der Waals surface area (Å²) in [5.74, 6) is -1.73. The highest BCUT2D eigenvalue weighted by Crippen LogP contribution is 2.27. The first kappa shape index (κ1) is 16.9. The molecular formula is C19H15FN4O3. The zero-order chi connectivity index (χ0) is 19.0. The average Bonchev–Trinajstić information content (AvgIpc) is 3.23. The number of hydrogen-bond acceptors (Lipinski definition) is 4. The summed E-state index contributed by atoms with van der Waals surface area (Å²) in [7, 11) is 0. The Balaban J connectivity index is 1.52. The molecule has 1 aliphatic rings. The van der Waals surface area contributed by atoms with Crippen LogP contribution in [0.25, 0.3) is 11.0 Å². The highest BCUT2D eigenvalue weighted by molar-refractivity contribution is 6.20. The number of anilines is 2. The number of carbonyl (C=O) groups is 3. The van der Waals surface area contributed by atoms with Crippen LogP contribution >= 0.6 is 0 Å². The Labute approximate surface area is 153 Å². The third kappa shape index (κ3) is 3.29. The summed E-state index contributed by atoms with van der Waals surface area (Å²) >= 11 is 0. The van der Waals surface area contributed by atoms with Crippen LogP contribution in [0.4, 0.5) is 15.8 Å². The molecule has 136 valence electrons. The van der Waals surface area contributed by atoms with Gasteiger partial charge in [0.15, 0.2) is 0 Å². The first-order valence-electron chi connectivity index (χ1n) is 8.38. The Morgan fingerprint density at radius 1 is 1.15 bits per heavy atom. The maximum Gasteiger partial charge on any atom is 0.234 e. The molecule has 3 amide bonds. The number of imide groups is 1. The van der Waals surface area contributed by atoms with Crippen LogP contribution in [0.15, 0.2) is 42.7 Å². The molecule has 0 atom stereocenters. The summed E-state index contributed by atoms with van der Waals surface area (Å²) in [5.41, 5.74) is 2.51. The largest absolute Gasteiger partial charge is 0.345 e. The van der Waals surface area contributed by atoms with E-state index < -0.39 is 11.7 Å². The lowest BCUT2D eigenvalue weighted by Crippen LogP contribution is -2.28. The monoisotopic (exact) mass is 366 g/mol. The predicted octanol–water partition coefficient (Wildman–Crippen LogP) is 2.54. The number of aromatic nitrogens is 2. The number of nitrogens with one attached hydrogen (secondary N) is 2. The van der Waals surface area contributed by atoms with Crippen molar-refractivity contribution in [3.05, 3.63) is 54.1 Å². The van der Waals surface area contributed by atoms with E-state index >= 15 is 0 Å². The molecule has 4 rings (SSSR count). The first-order chi connectivity index (χ1) is 13.0. The highest BCUT2D eigenvalue weighted by atomic mass is 19.1. The lowest BCUT2D eigenvalue weighted by atomic mass is 10.1. The van der Waals surface area contributed by atoms with E-state index in [0.29, 0.717) is 0 Å². The minimum Gasteiger partial charge on any atom is -0.345 e. The van der Waals surface area contributed by atoms with Crippen molar-refractivity contribution in [1.29, 1.82) is 0 Å².